The van der Waals surface area contributed by atoms with Gasteiger partial charge in [0.05, 0.1) is 11.6 Å². The van der Waals surface area contributed by atoms with Gasteiger partial charge in [0, 0.05) is 24.1 Å². The first-order valence-electron chi connectivity index (χ1n) is 8.25. The fourth-order valence-corrected chi connectivity index (χ4v) is 3.20. The summed E-state index contributed by atoms with van der Waals surface area (Å²) in [6, 6.07) is 9.47. The van der Waals surface area contributed by atoms with Crippen LogP contribution in [0.25, 0.3) is 0 Å². The van der Waals surface area contributed by atoms with Gasteiger partial charge in [-0.15, -0.1) is 0 Å². The molecule has 1 aromatic heterocycles. The SMILES string of the molecule is Cc1cc(C/C=C2\CCC[C@H]2C(=O)NCc2ccc(Cl)cc2)on1. The number of nitrogens with one attached hydrogen (secondary N) is 1. The fourth-order valence-electron chi connectivity index (χ4n) is 3.07. The van der Waals surface area contributed by atoms with Gasteiger partial charge >= 0.3 is 0 Å². The molecule has 0 radical (unpaired) electrons. The lowest BCUT2D eigenvalue weighted by atomic mass is 10.00. The second-order valence-electron chi connectivity index (χ2n) is 6.21. The van der Waals surface area contributed by atoms with E-state index in [9.17, 15) is 4.79 Å². The van der Waals surface area contributed by atoms with E-state index in [0.29, 0.717) is 18.0 Å². The second-order valence-corrected chi connectivity index (χ2v) is 6.64. The highest BCUT2D eigenvalue weighted by Gasteiger charge is 2.27. The Bertz CT molecular complexity index is 734. The summed E-state index contributed by atoms with van der Waals surface area (Å²) in [6.45, 7) is 2.43. The first-order chi connectivity index (χ1) is 11.6. The molecule has 0 bridgehead atoms. The van der Waals surface area contributed by atoms with E-state index in [0.717, 1.165) is 36.3 Å². The molecule has 1 heterocycles. The van der Waals surface area contributed by atoms with Crippen molar-refractivity contribution in [3.8, 4) is 0 Å². The van der Waals surface area contributed by atoms with E-state index < -0.39 is 0 Å². The Morgan fingerprint density at radius 2 is 2.21 bits per heavy atom. The predicted molar refractivity (Wildman–Crippen MR) is 93.7 cm³/mol. The van der Waals surface area contributed by atoms with Crippen LogP contribution in [-0.2, 0) is 17.8 Å². The van der Waals surface area contributed by atoms with Crippen LogP contribution in [0.1, 0.15) is 36.3 Å². The van der Waals surface area contributed by atoms with Crippen molar-refractivity contribution in [3.05, 3.63) is 64.0 Å². The standard InChI is InChI=1S/C19H21ClN2O2/c1-13-11-17(24-22-13)10-7-15-3-2-4-18(15)19(23)21-12-14-5-8-16(20)9-6-14/h5-9,11,18H,2-4,10,12H2,1H3,(H,21,23)/b15-7+/t18-/m1/s1. The predicted octanol–water partition coefficient (Wildman–Crippen LogP) is 4.22. The Morgan fingerprint density at radius 1 is 1.42 bits per heavy atom. The highest BCUT2D eigenvalue weighted by molar-refractivity contribution is 6.30. The van der Waals surface area contributed by atoms with Crippen molar-refractivity contribution in [2.45, 2.75) is 39.2 Å². The summed E-state index contributed by atoms with van der Waals surface area (Å²) in [7, 11) is 0. The maximum absolute atomic E-state index is 12.5. The molecule has 2 aromatic rings. The average molecular weight is 345 g/mol. The average Bonchev–Trinajstić information content (AvgIpc) is 3.21. The first kappa shape index (κ1) is 16.8. The van der Waals surface area contributed by atoms with Crippen LogP contribution in [0.3, 0.4) is 0 Å². The molecule has 0 spiro atoms. The summed E-state index contributed by atoms with van der Waals surface area (Å²) in [4.78, 5) is 12.5. The fraction of sp³-hybridized carbons (Fsp3) is 0.368. The highest BCUT2D eigenvalue weighted by atomic mass is 35.5. The van der Waals surface area contributed by atoms with E-state index in [1.165, 1.54) is 5.57 Å². The summed E-state index contributed by atoms with van der Waals surface area (Å²) >= 11 is 5.88. The minimum absolute atomic E-state index is 0.0266. The van der Waals surface area contributed by atoms with Gasteiger partial charge in [0.15, 0.2) is 0 Å². The zero-order chi connectivity index (χ0) is 16.9. The van der Waals surface area contributed by atoms with Gasteiger partial charge in [-0.05, 0) is 43.9 Å². The lowest BCUT2D eigenvalue weighted by Gasteiger charge is -2.13. The van der Waals surface area contributed by atoms with E-state index in [1.807, 2.05) is 37.3 Å². The number of amides is 1. The van der Waals surface area contributed by atoms with Crippen LogP contribution < -0.4 is 5.32 Å². The lowest BCUT2D eigenvalue weighted by Crippen LogP contribution is -2.29. The molecule has 0 saturated heterocycles. The molecular weight excluding hydrogens is 324 g/mol. The molecule has 1 aliphatic rings. The number of nitrogens with zero attached hydrogens (tertiary/aromatic N) is 1. The van der Waals surface area contributed by atoms with Gasteiger partial charge < -0.3 is 9.84 Å². The van der Waals surface area contributed by atoms with Crippen molar-refractivity contribution in [3.63, 3.8) is 0 Å². The van der Waals surface area contributed by atoms with Gasteiger partial charge in [0.2, 0.25) is 5.91 Å². The van der Waals surface area contributed by atoms with Crippen molar-refractivity contribution < 1.29 is 9.32 Å². The topological polar surface area (TPSA) is 55.1 Å². The summed E-state index contributed by atoms with van der Waals surface area (Å²) in [6.07, 6.45) is 5.76. The molecule has 1 amide bonds. The van der Waals surface area contributed by atoms with Crippen molar-refractivity contribution in [2.24, 2.45) is 5.92 Å². The maximum Gasteiger partial charge on any atom is 0.227 e. The minimum atomic E-state index is -0.0266. The van der Waals surface area contributed by atoms with Gasteiger partial charge in [-0.2, -0.15) is 0 Å². The zero-order valence-corrected chi connectivity index (χ0v) is 14.5. The molecule has 126 valence electrons. The van der Waals surface area contributed by atoms with Crippen molar-refractivity contribution in [1.29, 1.82) is 0 Å². The Morgan fingerprint density at radius 3 is 2.92 bits per heavy atom. The summed E-state index contributed by atoms with van der Waals surface area (Å²) in [5.74, 6) is 0.913. The van der Waals surface area contributed by atoms with Crippen LogP contribution in [0.2, 0.25) is 5.02 Å². The maximum atomic E-state index is 12.5. The van der Waals surface area contributed by atoms with Crippen LogP contribution in [0.4, 0.5) is 0 Å². The molecule has 1 atom stereocenters. The third-order valence-corrected chi connectivity index (χ3v) is 4.60. The summed E-state index contributed by atoms with van der Waals surface area (Å²) < 4.78 is 5.23. The monoisotopic (exact) mass is 344 g/mol. The summed E-state index contributed by atoms with van der Waals surface area (Å²) in [5, 5.41) is 7.63. The van der Waals surface area contributed by atoms with Gasteiger partial charge in [-0.25, -0.2) is 0 Å². The van der Waals surface area contributed by atoms with Crippen LogP contribution in [-0.4, -0.2) is 11.1 Å². The van der Waals surface area contributed by atoms with Gasteiger partial charge in [0.25, 0.3) is 0 Å². The van der Waals surface area contributed by atoms with Gasteiger partial charge in [0.1, 0.15) is 5.76 Å². The highest BCUT2D eigenvalue weighted by Crippen LogP contribution is 2.31. The number of benzene rings is 1. The second kappa shape index (κ2) is 7.67. The number of aryl methyl sites for hydroxylation is 1. The molecule has 1 saturated carbocycles. The molecular formula is C19H21ClN2O2. The Hall–Kier alpha value is -2.07. The van der Waals surface area contributed by atoms with Crippen molar-refractivity contribution in [2.75, 3.05) is 0 Å². The lowest BCUT2D eigenvalue weighted by molar-refractivity contribution is -0.123. The molecule has 1 aromatic carbocycles. The Kier molecular flexibility index (Phi) is 5.36. The number of halogens is 1. The third kappa shape index (κ3) is 4.26. The number of carbonyl (C=O) groups is 1. The third-order valence-electron chi connectivity index (χ3n) is 4.34. The quantitative estimate of drug-likeness (QED) is 0.826. The number of aromatic nitrogens is 1. The molecule has 1 N–H and O–H groups in total. The minimum Gasteiger partial charge on any atom is -0.361 e. The smallest absolute Gasteiger partial charge is 0.227 e. The van der Waals surface area contributed by atoms with Gasteiger partial charge in [-0.3, -0.25) is 4.79 Å². The van der Waals surface area contributed by atoms with Crippen molar-refractivity contribution in [1.82, 2.24) is 10.5 Å². The van der Waals surface area contributed by atoms with Gasteiger partial charge in [-0.1, -0.05) is 40.5 Å². The first-order valence-corrected chi connectivity index (χ1v) is 8.63. The number of hydrogen-bond acceptors (Lipinski definition) is 3. The number of carbonyl (C=O) groups excluding carboxylic acids is 1. The molecule has 5 heteroatoms. The molecule has 0 unspecified atom stereocenters. The largest absolute Gasteiger partial charge is 0.361 e. The van der Waals surface area contributed by atoms with E-state index >= 15 is 0 Å². The van der Waals surface area contributed by atoms with Crippen LogP contribution in [0.15, 0.2) is 46.5 Å². The molecule has 1 fully saturated rings. The number of allylic oxidation sites excluding steroid dienone is 1. The van der Waals surface area contributed by atoms with E-state index in [4.69, 9.17) is 16.1 Å². The molecule has 3 rings (SSSR count). The van der Waals surface area contributed by atoms with E-state index in [1.54, 1.807) is 0 Å². The van der Waals surface area contributed by atoms with Crippen LogP contribution >= 0.6 is 11.6 Å². The van der Waals surface area contributed by atoms with Crippen molar-refractivity contribution >= 4 is 17.5 Å². The molecule has 1 aliphatic carbocycles. The van der Waals surface area contributed by atoms with E-state index in [2.05, 4.69) is 16.5 Å². The molecule has 0 aliphatic heterocycles. The number of rotatable bonds is 5. The Labute approximate surface area is 146 Å². The van der Waals surface area contributed by atoms with E-state index in [-0.39, 0.29) is 11.8 Å². The molecule has 4 nitrogen and oxygen atoms in total. The summed E-state index contributed by atoms with van der Waals surface area (Å²) in [5.41, 5.74) is 3.14. The molecule has 24 heavy (non-hydrogen) atoms. The van der Waals surface area contributed by atoms with Crippen LogP contribution in [0.5, 0.6) is 0 Å². The normalized spacial score (nSPS) is 18.9. The zero-order valence-electron chi connectivity index (χ0n) is 13.7. The number of hydrogen-bond donors (Lipinski definition) is 1. The van der Waals surface area contributed by atoms with Crippen LogP contribution in [0, 0.1) is 12.8 Å². The Balaban J connectivity index is 1.57.